The Labute approximate surface area is 164 Å². The number of hydrogen-bond donors (Lipinski definition) is 1. The van der Waals surface area contributed by atoms with Gasteiger partial charge in [0.05, 0.1) is 11.3 Å². The summed E-state index contributed by atoms with van der Waals surface area (Å²) in [5, 5.41) is 13.2. The van der Waals surface area contributed by atoms with Crippen LogP contribution in [0.2, 0.25) is 0 Å². The number of nitrogens with one attached hydrogen (secondary N) is 1. The Bertz CT molecular complexity index is 1210. The quantitative estimate of drug-likeness (QED) is 0.534. The van der Waals surface area contributed by atoms with E-state index in [4.69, 9.17) is 9.47 Å². The molecule has 0 fully saturated rings. The summed E-state index contributed by atoms with van der Waals surface area (Å²) in [6, 6.07) is 15.3. The van der Waals surface area contributed by atoms with Gasteiger partial charge in [0.25, 0.3) is 0 Å². The van der Waals surface area contributed by atoms with Crippen molar-refractivity contribution in [1.82, 2.24) is 14.6 Å². The van der Waals surface area contributed by atoms with Gasteiger partial charge in [-0.25, -0.2) is 0 Å². The average molecular weight is 392 g/mol. The van der Waals surface area contributed by atoms with Crippen molar-refractivity contribution in [3.63, 3.8) is 0 Å². The molecule has 1 N–H and O–H groups in total. The van der Waals surface area contributed by atoms with E-state index in [1.54, 1.807) is 0 Å². The molecule has 1 aliphatic rings. The molecule has 0 radical (unpaired) electrons. The zero-order chi connectivity index (χ0) is 19.1. The van der Waals surface area contributed by atoms with Crippen LogP contribution in [0.3, 0.4) is 0 Å². The minimum atomic E-state index is -0.0949. The van der Waals surface area contributed by atoms with Crippen molar-refractivity contribution in [2.75, 3.05) is 17.9 Å². The fourth-order valence-electron chi connectivity index (χ4n) is 3.24. The Morgan fingerprint density at radius 1 is 1.14 bits per heavy atom. The number of hydrogen-bond acceptors (Lipinski definition) is 6. The van der Waals surface area contributed by atoms with E-state index in [-0.39, 0.29) is 18.5 Å². The maximum atomic E-state index is 12.3. The summed E-state index contributed by atoms with van der Waals surface area (Å²) in [5.41, 5.74) is 3.45. The van der Waals surface area contributed by atoms with Crippen LogP contribution in [-0.2, 0) is 4.79 Å². The Balaban J connectivity index is 1.48. The SMILES string of the molecule is Cc1cc2cc3c(cc2n2c(SCC(=O)Nc4ccccc4)nnc12)OCO3. The first-order valence-electron chi connectivity index (χ1n) is 8.75. The van der Waals surface area contributed by atoms with E-state index in [1.807, 2.05) is 53.8 Å². The van der Waals surface area contributed by atoms with Crippen molar-refractivity contribution in [2.24, 2.45) is 0 Å². The van der Waals surface area contributed by atoms with Crippen molar-refractivity contribution in [3.05, 3.63) is 54.1 Å². The molecule has 0 spiro atoms. The number of rotatable bonds is 4. The Morgan fingerprint density at radius 3 is 2.75 bits per heavy atom. The van der Waals surface area contributed by atoms with Crippen LogP contribution in [0.5, 0.6) is 11.5 Å². The van der Waals surface area contributed by atoms with Crippen molar-refractivity contribution in [2.45, 2.75) is 12.1 Å². The van der Waals surface area contributed by atoms with Crippen molar-refractivity contribution in [3.8, 4) is 11.5 Å². The zero-order valence-corrected chi connectivity index (χ0v) is 15.8. The van der Waals surface area contributed by atoms with E-state index in [1.165, 1.54) is 11.8 Å². The third kappa shape index (κ3) is 2.91. The van der Waals surface area contributed by atoms with E-state index < -0.39 is 0 Å². The molecule has 5 rings (SSSR count). The van der Waals surface area contributed by atoms with Crippen LogP contribution >= 0.6 is 11.8 Å². The second kappa shape index (κ2) is 6.72. The summed E-state index contributed by atoms with van der Waals surface area (Å²) >= 11 is 1.35. The number of nitrogens with zero attached hydrogens (tertiary/aromatic N) is 3. The van der Waals surface area contributed by atoms with Crippen LogP contribution in [-0.4, -0.2) is 33.1 Å². The van der Waals surface area contributed by atoms with Gasteiger partial charge in [-0.3, -0.25) is 9.20 Å². The first kappa shape index (κ1) is 16.9. The summed E-state index contributed by atoms with van der Waals surface area (Å²) in [5.74, 6) is 1.57. The highest BCUT2D eigenvalue weighted by molar-refractivity contribution is 7.99. The maximum Gasteiger partial charge on any atom is 0.234 e. The van der Waals surface area contributed by atoms with Crippen LogP contribution in [0.15, 0.2) is 53.7 Å². The third-order valence-corrected chi connectivity index (χ3v) is 5.44. The molecule has 2 aromatic heterocycles. The average Bonchev–Trinajstić information content (AvgIpc) is 3.33. The van der Waals surface area contributed by atoms with E-state index >= 15 is 0 Å². The lowest BCUT2D eigenvalue weighted by atomic mass is 10.1. The summed E-state index contributed by atoms with van der Waals surface area (Å²) in [7, 11) is 0. The maximum absolute atomic E-state index is 12.3. The van der Waals surface area contributed by atoms with Crippen molar-refractivity contribution < 1.29 is 14.3 Å². The molecule has 0 saturated carbocycles. The van der Waals surface area contributed by atoms with E-state index in [0.29, 0.717) is 10.9 Å². The highest BCUT2D eigenvalue weighted by atomic mass is 32.2. The van der Waals surface area contributed by atoms with Gasteiger partial charge in [0, 0.05) is 17.1 Å². The largest absolute Gasteiger partial charge is 0.454 e. The van der Waals surface area contributed by atoms with Crippen LogP contribution < -0.4 is 14.8 Å². The van der Waals surface area contributed by atoms with Gasteiger partial charge in [0.2, 0.25) is 12.7 Å². The number of benzene rings is 2. The lowest BCUT2D eigenvalue weighted by Crippen LogP contribution is -2.14. The molecule has 8 heteroatoms. The van der Waals surface area contributed by atoms with Gasteiger partial charge in [-0.1, -0.05) is 30.0 Å². The number of carbonyl (C=O) groups excluding carboxylic acids is 1. The number of aryl methyl sites for hydroxylation is 1. The van der Waals surface area contributed by atoms with Gasteiger partial charge in [-0.05, 0) is 36.8 Å². The molecule has 140 valence electrons. The molecule has 0 atom stereocenters. The zero-order valence-electron chi connectivity index (χ0n) is 15.0. The number of fused-ring (bicyclic) bond motifs is 4. The number of thioether (sulfide) groups is 1. The minimum absolute atomic E-state index is 0.0949. The molecule has 0 unspecified atom stereocenters. The first-order valence-corrected chi connectivity index (χ1v) is 9.73. The molecule has 0 aliphatic carbocycles. The third-order valence-electron chi connectivity index (χ3n) is 4.51. The molecule has 28 heavy (non-hydrogen) atoms. The standard InChI is InChI=1S/C20H16N4O3S/c1-12-7-13-8-16-17(27-11-26-16)9-15(13)24-19(12)22-23-20(24)28-10-18(25)21-14-5-3-2-4-6-14/h2-9H,10-11H2,1H3,(H,21,25). The summed E-state index contributed by atoms with van der Waals surface area (Å²) < 4.78 is 13.0. The lowest BCUT2D eigenvalue weighted by molar-refractivity contribution is -0.113. The number of aromatic nitrogens is 3. The van der Waals surface area contributed by atoms with Crippen LogP contribution in [0.25, 0.3) is 16.6 Å². The van der Waals surface area contributed by atoms with Gasteiger partial charge in [0.1, 0.15) is 0 Å². The molecular weight excluding hydrogens is 376 g/mol. The second-order valence-corrected chi connectivity index (χ2v) is 7.38. The topological polar surface area (TPSA) is 77.8 Å². The Kier molecular flexibility index (Phi) is 4.05. The molecule has 2 aromatic carbocycles. The van der Waals surface area contributed by atoms with Gasteiger partial charge >= 0.3 is 0 Å². The molecular formula is C20H16N4O3S. The molecule has 1 aliphatic heterocycles. The number of ether oxygens (including phenoxy) is 2. The number of amides is 1. The van der Waals surface area contributed by atoms with Crippen LogP contribution in [0.1, 0.15) is 5.56 Å². The van der Waals surface area contributed by atoms with Crippen molar-refractivity contribution >= 4 is 39.9 Å². The van der Waals surface area contributed by atoms with E-state index in [2.05, 4.69) is 21.6 Å². The normalized spacial score (nSPS) is 12.6. The summed E-state index contributed by atoms with van der Waals surface area (Å²) in [6.07, 6.45) is 0. The molecule has 1 amide bonds. The van der Waals surface area contributed by atoms with Gasteiger partial charge in [-0.2, -0.15) is 0 Å². The van der Waals surface area contributed by atoms with E-state index in [0.717, 1.165) is 33.6 Å². The fourth-order valence-corrected chi connectivity index (χ4v) is 3.98. The van der Waals surface area contributed by atoms with Gasteiger partial charge in [-0.15, -0.1) is 10.2 Å². The molecule has 3 heterocycles. The monoisotopic (exact) mass is 392 g/mol. The van der Waals surface area contributed by atoms with Crippen LogP contribution in [0, 0.1) is 6.92 Å². The smallest absolute Gasteiger partial charge is 0.234 e. The minimum Gasteiger partial charge on any atom is -0.454 e. The number of anilines is 1. The highest BCUT2D eigenvalue weighted by Gasteiger charge is 2.19. The van der Waals surface area contributed by atoms with Crippen LogP contribution in [0.4, 0.5) is 5.69 Å². The van der Waals surface area contributed by atoms with Gasteiger partial charge < -0.3 is 14.8 Å². The molecule has 0 saturated heterocycles. The number of pyridine rings is 1. The first-order chi connectivity index (χ1) is 13.7. The predicted octanol–water partition coefficient (Wildman–Crippen LogP) is 3.65. The van der Waals surface area contributed by atoms with Crippen molar-refractivity contribution in [1.29, 1.82) is 0 Å². The molecule has 0 bridgehead atoms. The Morgan fingerprint density at radius 2 is 1.93 bits per heavy atom. The molecule has 7 nitrogen and oxygen atoms in total. The van der Waals surface area contributed by atoms with E-state index in [9.17, 15) is 4.79 Å². The lowest BCUT2D eigenvalue weighted by Gasteiger charge is -2.08. The Hall–Kier alpha value is -3.26. The number of para-hydroxylation sites is 1. The second-order valence-electron chi connectivity index (χ2n) is 6.44. The fraction of sp³-hybridized carbons (Fsp3) is 0.150. The predicted molar refractivity (Wildman–Crippen MR) is 107 cm³/mol. The number of carbonyl (C=O) groups is 1. The highest BCUT2D eigenvalue weighted by Crippen LogP contribution is 2.37. The summed E-state index contributed by atoms with van der Waals surface area (Å²) in [4.78, 5) is 12.3. The van der Waals surface area contributed by atoms with Gasteiger partial charge in [0.15, 0.2) is 22.3 Å². The summed E-state index contributed by atoms with van der Waals surface area (Å²) in [6.45, 7) is 2.21. The molecule has 4 aromatic rings.